The van der Waals surface area contributed by atoms with Gasteiger partial charge in [0.25, 0.3) is 0 Å². The molecule has 3 N–H and O–H groups in total. The summed E-state index contributed by atoms with van der Waals surface area (Å²) in [5, 5.41) is 2.95. The Morgan fingerprint density at radius 3 is 2.56 bits per heavy atom. The predicted molar refractivity (Wildman–Crippen MR) is 63.1 cm³/mol. The number of likely N-dealkylation sites (N-methyl/N-ethyl adjacent to an activating group) is 1. The summed E-state index contributed by atoms with van der Waals surface area (Å²) in [5.74, 6) is 1.62. The van der Waals surface area contributed by atoms with Crippen molar-refractivity contribution in [2.75, 3.05) is 31.7 Å². The Morgan fingerprint density at radius 1 is 1.38 bits per heavy atom. The number of amides is 1. The molecule has 88 valence electrons. The van der Waals surface area contributed by atoms with Crippen molar-refractivity contribution in [1.82, 2.24) is 14.9 Å². The molecule has 6 nitrogen and oxygen atoms in total. The molecule has 0 aliphatic heterocycles. The Bertz CT molecular complexity index is 402. The zero-order chi connectivity index (χ0) is 12.3. The van der Waals surface area contributed by atoms with Gasteiger partial charge in [0.2, 0.25) is 5.91 Å². The first-order chi connectivity index (χ1) is 7.41. The number of carbonyl (C=O) groups is 1. The van der Waals surface area contributed by atoms with Crippen LogP contribution in [0.4, 0.5) is 11.6 Å². The maximum Gasteiger partial charge on any atom is 0.241 e. The van der Waals surface area contributed by atoms with Crippen molar-refractivity contribution in [2.45, 2.75) is 13.8 Å². The molecule has 0 aliphatic rings. The highest BCUT2D eigenvalue weighted by atomic mass is 16.2. The standard InChI is InChI=1S/C10H17N5O/c1-6-9(11)13-7(2)14-10(6)12-5-8(16)15(3)4/h5H2,1-4H3,(H3,11,12,13,14). The third-order valence-electron chi connectivity index (χ3n) is 2.20. The Balaban J connectivity index is 2.78. The lowest BCUT2D eigenvalue weighted by Gasteiger charge is -2.13. The zero-order valence-electron chi connectivity index (χ0n) is 10.0. The monoisotopic (exact) mass is 223 g/mol. The molecule has 0 aromatic carbocycles. The van der Waals surface area contributed by atoms with E-state index in [2.05, 4.69) is 15.3 Å². The van der Waals surface area contributed by atoms with E-state index in [1.165, 1.54) is 4.90 Å². The maximum atomic E-state index is 11.4. The van der Waals surface area contributed by atoms with Gasteiger partial charge in [-0.25, -0.2) is 9.97 Å². The van der Waals surface area contributed by atoms with Gasteiger partial charge < -0.3 is 16.0 Å². The first kappa shape index (κ1) is 12.2. The molecule has 1 aromatic rings. The van der Waals surface area contributed by atoms with Gasteiger partial charge in [-0.15, -0.1) is 0 Å². The summed E-state index contributed by atoms with van der Waals surface area (Å²) in [5.41, 5.74) is 6.46. The van der Waals surface area contributed by atoms with Crippen LogP contribution in [0.25, 0.3) is 0 Å². The number of nitrogens with zero attached hydrogens (tertiary/aromatic N) is 3. The topological polar surface area (TPSA) is 84.1 Å². The average Bonchev–Trinajstić information content (AvgIpc) is 2.20. The molecule has 1 rings (SSSR count). The Hall–Kier alpha value is -1.85. The van der Waals surface area contributed by atoms with Gasteiger partial charge in [-0.1, -0.05) is 0 Å². The molecule has 0 fully saturated rings. The van der Waals surface area contributed by atoms with E-state index >= 15 is 0 Å². The lowest BCUT2D eigenvalue weighted by molar-refractivity contribution is -0.126. The van der Waals surface area contributed by atoms with E-state index in [4.69, 9.17) is 5.73 Å². The number of nitrogen functional groups attached to an aromatic ring is 1. The summed E-state index contributed by atoms with van der Waals surface area (Å²) in [4.78, 5) is 21.1. The molecule has 0 aliphatic carbocycles. The first-order valence-corrected chi connectivity index (χ1v) is 4.96. The van der Waals surface area contributed by atoms with Crippen LogP contribution >= 0.6 is 0 Å². The predicted octanol–water partition coefficient (Wildman–Crippen LogP) is 0.176. The fourth-order valence-corrected chi connectivity index (χ4v) is 1.14. The van der Waals surface area contributed by atoms with E-state index in [0.29, 0.717) is 17.5 Å². The number of hydrogen-bond acceptors (Lipinski definition) is 5. The molecule has 0 saturated carbocycles. The third kappa shape index (κ3) is 2.82. The van der Waals surface area contributed by atoms with Gasteiger partial charge in [-0.05, 0) is 13.8 Å². The van der Waals surface area contributed by atoms with E-state index in [1.54, 1.807) is 21.0 Å². The smallest absolute Gasteiger partial charge is 0.241 e. The number of carbonyl (C=O) groups excluding carboxylic acids is 1. The number of nitrogens with two attached hydrogens (primary N) is 1. The molecule has 0 unspecified atom stereocenters. The lowest BCUT2D eigenvalue weighted by atomic mass is 10.3. The highest BCUT2D eigenvalue weighted by Crippen LogP contribution is 2.16. The Kier molecular flexibility index (Phi) is 3.65. The normalized spacial score (nSPS) is 10.0. The van der Waals surface area contributed by atoms with Gasteiger partial charge in [0.1, 0.15) is 17.5 Å². The van der Waals surface area contributed by atoms with Gasteiger partial charge in [0.05, 0.1) is 6.54 Å². The first-order valence-electron chi connectivity index (χ1n) is 4.96. The van der Waals surface area contributed by atoms with Crippen LogP contribution in [0.1, 0.15) is 11.4 Å². The van der Waals surface area contributed by atoms with Crippen LogP contribution in [0.2, 0.25) is 0 Å². The van der Waals surface area contributed by atoms with E-state index in [0.717, 1.165) is 5.56 Å². The average molecular weight is 223 g/mol. The molecule has 1 amide bonds. The summed E-state index contributed by atoms with van der Waals surface area (Å²) >= 11 is 0. The quantitative estimate of drug-likeness (QED) is 0.763. The minimum absolute atomic E-state index is 0.0192. The van der Waals surface area contributed by atoms with Crippen molar-refractivity contribution in [2.24, 2.45) is 0 Å². The molecule has 0 atom stereocenters. The minimum atomic E-state index is -0.0192. The van der Waals surface area contributed by atoms with E-state index in [1.807, 2.05) is 6.92 Å². The van der Waals surface area contributed by atoms with Crippen LogP contribution in [-0.4, -0.2) is 41.4 Å². The van der Waals surface area contributed by atoms with Gasteiger partial charge >= 0.3 is 0 Å². The number of aryl methyl sites for hydroxylation is 1. The summed E-state index contributed by atoms with van der Waals surface area (Å²) in [6.45, 7) is 3.77. The van der Waals surface area contributed by atoms with E-state index < -0.39 is 0 Å². The summed E-state index contributed by atoms with van der Waals surface area (Å²) in [6.07, 6.45) is 0. The maximum absolute atomic E-state index is 11.4. The molecule has 1 aromatic heterocycles. The van der Waals surface area contributed by atoms with Crippen molar-refractivity contribution in [1.29, 1.82) is 0 Å². The van der Waals surface area contributed by atoms with Gasteiger partial charge in [0.15, 0.2) is 0 Å². The summed E-state index contributed by atoms with van der Waals surface area (Å²) in [7, 11) is 3.41. The fraction of sp³-hybridized carbons (Fsp3) is 0.500. The van der Waals surface area contributed by atoms with Crippen LogP contribution in [-0.2, 0) is 4.79 Å². The number of aromatic nitrogens is 2. The number of anilines is 2. The molecule has 0 spiro atoms. The van der Waals surface area contributed by atoms with E-state index in [-0.39, 0.29) is 12.5 Å². The molecule has 6 heteroatoms. The van der Waals surface area contributed by atoms with Crippen LogP contribution in [0.5, 0.6) is 0 Å². The lowest BCUT2D eigenvalue weighted by Crippen LogP contribution is -2.29. The summed E-state index contributed by atoms with van der Waals surface area (Å²) < 4.78 is 0. The van der Waals surface area contributed by atoms with Crippen LogP contribution in [0.15, 0.2) is 0 Å². The van der Waals surface area contributed by atoms with Crippen LogP contribution in [0.3, 0.4) is 0 Å². The van der Waals surface area contributed by atoms with Gasteiger partial charge in [-0.2, -0.15) is 0 Å². The molecule has 1 heterocycles. The van der Waals surface area contributed by atoms with Crippen LogP contribution in [0, 0.1) is 13.8 Å². The van der Waals surface area contributed by atoms with Crippen molar-refractivity contribution in [3.05, 3.63) is 11.4 Å². The zero-order valence-corrected chi connectivity index (χ0v) is 10.0. The van der Waals surface area contributed by atoms with Crippen molar-refractivity contribution >= 4 is 17.5 Å². The second-order valence-corrected chi connectivity index (χ2v) is 3.77. The van der Waals surface area contributed by atoms with E-state index in [9.17, 15) is 4.79 Å². The molecule has 0 radical (unpaired) electrons. The minimum Gasteiger partial charge on any atom is -0.383 e. The second kappa shape index (κ2) is 4.78. The second-order valence-electron chi connectivity index (χ2n) is 3.77. The number of rotatable bonds is 3. The number of hydrogen-bond donors (Lipinski definition) is 2. The molecule has 0 saturated heterocycles. The van der Waals surface area contributed by atoms with Crippen molar-refractivity contribution in [3.63, 3.8) is 0 Å². The number of nitrogens with one attached hydrogen (secondary N) is 1. The SMILES string of the molecule is Cc1nc(N)c(C)c(NCC(=O)N(C)C)n1. The summed E-state index contributed by atoms with van der Waals surface area (Å²) in [6, 6.07) is 0. The fourth-order valence-electron chi connectivity index (χ4n) is 1.14. The highest BCUT2D eigenvalue weighted by molar-refractivity contribution is 5.80. The van der Waals surface area contributed by atoms with Crippen LogP contribution < -0.4 is 11.1 Å². The van der Waals surface area contributed by atoms with Gasteiger partial charge in [-0.3, -0.25) is 4.79 Å². The van der Waals surface area contributed by atoms with Gasteiger partial charge in [0, 0.05) is 19.7 Å². The third-order valence-corrected chi connectivity index (χ3v) is 2.20. The van der Waals surface area contributed by atoms with Crippen molar-refractivity contribution < 1.29 is 4.79 Å². The molecule has 0 bridgehead atoms. The molecular formula is C10H17N5O. The molecular weight excluding hydrogens is 206 g/mol. The molecule has 16 heavy (non-hydrogen) atoms. The highest BCUT2D eigenvalue weighted by Gasteiger charge is 2.08. The largest absolute Gasteiger partial charge is 0.383 e. The van der Waals surface area contributed by atoms with Crippen molar-refractivity contribution in [3.8, 4) is 0 Å². The Morgan fingerprint density at radius 2 is 2.00 bits per heavy atom. The Labute approximate surface area is 94.9 Å².